The van der Waals surface area contributed by atoms with Crippen molar-refractivity contribution >= 4 is 17.9 Å². The van der Waals surface area contributed by atoms with Crippen LogP contribution in [0.4, 0.5) is 4.79 Å². The van der Waals surface area contributed by atoms with Crippen LogP contribution in [-0.4, -0.2) is 70.8 Å². The highest BCUT2D eigenvalue weighted by Crippen LogP contribution is 2.26. The topological polar surface area (TPSA) is 144 Å². The molecule has 3 rings (SSSR count). The molecular weight excluding hydrogens is 522 g/mol. The van der Waals surface area contributed by atoms with E-state index in [0.29, 0.717) is 0 Å². The van der Waals surface area contributed by atoms with Gasteiger partial charge in [-0.05, 0) is 57.7 Å². The summed E-state index contributed by atoms with van der Waals surface area (Å²) in [4.78, 5) is 40.8. The first-order chi connectivity index (χ1) is 19.6. The standard InChI is InChI=1S/C31H41N5O5/c1-31(2,3)36-18-10-15-26(36)29(39)33-20-27(37)25(19-22-11-6-4-7-12-22)34-28(38)24(16-17-32)35-30(40)41-21-23-13-8-5-9-14-23/h4-9,11-14,24-27,37H,10,15-16,18-21H2,1-3H3,(H,33,39)(H,34,38)(H,35,40)/t24-,25-,26-,27+/m0/s1. The van der Waals surface area contributed by atoms with Crippen LogP contribution in [0.2, 0.25) is 0 Å². The summed E-state index contributed by atoms with van der Waals surface area (Å²) in [5.74, 6) is -0.796. The number of ether oxygens (including phenoxy) is 1. The zero-order chi connectivity index (χ0) is 29.8. The second kappa shape index (κ2) is 15.2. The molecule has 0 aromatic heterocycles. The van der Waals surface area contributed by atoms with Gasteiger partial charge in [0.1, 0.15) is 12.6 Å². The quantitative estimate of drug-likeness (QED) is 0.311. The van der Waals surface area contributed by atoms with Crippen molar-refractivity contribution in [3.8, 4) is 6.07 Å². The van der Waals surface area contributed by atoms with Gasteiger partial charge in [-0.1, -0.05) is 60.7 Å². The number of carbonyl (C=O) groups excluding carboxylic acids is 3. The molecule has 0 aliphatic carbocycles. The Balaban J connectivity index is 1.64. The van der Waals surface area contributed by atoms with Crippen LogP contribution in [-0.2, 0) is 27.4 Å². The van der Waals surface area contributed by atoms with Gasteiger partial charge in [-0.15, -0.1) is 0 Å². The fourth-order valence-electron chi connectivity index (χ4n) is 4.95. The molecule has 0 unspecified atom stereocenters. The smallest absolute Gasteiger partial charge is 0.408 e. The highest BCUT2D eigenvalue weighted by atomic mass is 16.5. The molecule has 1 aliphatic heterocycles. The number of benzene rings is 2. The number of aliphatic hydroxyl groups is 1. The minimum Gasteiger partial charge on any atom is -0.445 e. The molecule has 1 fully saturated rings. The minimum absolute atomic E-state index is 0.0102. The maximum Gasteiger partial charge on any atom is 0.408 e. The average molecular weight is 564 g/mol. The summed E-state index contributed by atoms with van der Waals surface area (Å²) in [7, 11) is 0. The molecule has 220 valence electrons. The first-order valence-corrected chi connectivity index (χ1v) is 14.0. The van der Waals surface area contributed by atoms with Crippen molar-refractivity contribution in [3.05, 3.63) is 71.8 Å². The summed E-state index contributed by atoms with van der Waals surface area (Å²) in [5, 5.41) is 28.5. The lowest BCUT2D eigenvalue weighted by Crippen LogP contribution is -2.56. The molecule has 4 atom stereocenters. The molecule has 0 bridgehead atoms. The lowest BCUT2D eigenvalue weighted by atomic mass is 10.00. The largest absolute Gasteiger partial charge is 0.445 e. The molecule has 1 saturated heterocycles. The highest BCUT2D eigenvalue weighted by Gasteiger charge is 2.37. The number of carbonyl (C=O) groups is 3. The highest BCUT2D eigenvalue weighted by molar-refractivity contribution is 5.86. The van der Waals surface area contributed by atoms with Crippen molar-refractivity contribution in [1.82, 2.24) is 20.9 Å². The van der Waals surface area contributed by atoms with Crippen LogP contribution in [0.15, 0.2) is 60.7 Å². The van der Waals surface area contributed by atoms with E-state index in [4.69, 9.17) is 4.74 Å². The van der Waals surface area contributed by atoms with Gasteiger partial charge >= 0.3 is 6.09 Å². The molecule has 2 aromatic carbocycles. The van der Waals surface area contributed by atoms with Gasteiger partial charge < -0.3 is 25.8 Å². The van der Waals surface area contributed by atoms with Crippen LogP contribution >= 0.6 is 0 Å². The molecule has 4 N–H and O–H groups in total. The SMILES string of the molecule is CC(C)(C)N1CCC[C@H]1C(=O)NC[C@@H](O)[C@H](Cc1ccccc1)NC(=O)[C@H](CC#N)NC(=O)OCc1ccccc1. The maximum atomic E-state index is 13.2. The Labute approximate surface area is 242 Å². The van der Waals surface area contributed by atoms with Crippen molar-refractivity contribution in [3.63, 3.8) is 0 Å². The summed E-state index contributed by atoms with van der Waals surface area (Å²) in [6.07, 6.45) is -0.311. The number of nitrogens with one attached hydrogen (secondary N) is 3. The van der Waals surface area contributed by atoms with Crippen LogP contribution in [0.25, 0.3) is 0 Å². The van der Waals surface area contributed by atoms with Crippen molar-refractivity contribution in [2.24, 2.45) is 0 Å². The molecule has 0 radical (unpaired) electrons. The van der Waals surface area contributed by atoms with Gasteiger partial charge in [0.2, 0.25) is 11.8 Å². The summed E-state index contributed by atoms with van der Waals surface area (Å²) in [6, 6.07) is 18.0. The van der Waals surface area contributed by atoms with Crippen molar-refractivity contribution in [1.29, 1.82) is 5.26 Å². The zero-order valence-electron chi connectivity index (χ0n) is 24.0. The number of amides is 3. The van der Waals surface area contributed by atoms with E-state index in [-0.39, 0.29) is 43.5 Å². The summed E-state index contributed by atoms with van der Waals surface area (Å²) in [6.45, 7) is 6.99. The second-order valence-corrected chi connectivity index (χ2v) is 11.3. The third-order valence-corrected chi connectivity index (χ3v) is 7.11. The average Bonchev–Trinajstić information content (AvgIpc) is 3.46. The van der Waals surface area contributed by atoms with E-state index >= 15 is 0 Å². The summed E-state index contributed by atoms with van der Waals surface area (Å²) < 4.78 is 5.21. The summed E-state index contributed by atoms with van der Waals surface area (Å²) >= 11 is 0. The third-order valence-electron chi connectivity index (χ3n) is 7.11. The third kappa shape index (κ3) is 9.88. The fraction of sp³-hybridized carbons (Fsp3) is 0.484. The normalized spacial score (nSPS) is 17.5. The molecule has 1 heterocycles. The van der Waals surface area contributed by atoms with Crippen molar-refractivity contribution in [2.75, 3.05) is 13.1 Å². The Hall–Kier alpha value is -3.94. The van der Waals surface area contributed by atoms with Crippen LogP contribution < -0.4 is 16.0 Å². The number of alkyl carbamates (subject to hydrolysis) is 1. The number of hydrogen-bond donors (Lipinski definition) is 4. The number of rotatable bonds is 12. The monoisotopic (exact) mass is 563 g/mol. The lowest BCUT2D eigenvalue weighted by Gasteiger charge is -2.36. The van der Waals surface area contributed by atoms with Crippen LogP contribution in [0, 0.1) is 11.3 Å². The van der Waals surface area contributed by atoms with Gasteiger partial charge in [0.25, 0.3) is 0 Å². The van der Waals surface area contributed by atoms with Crippen LogP contribution in [0.5, 0.6) is 0 Å². The van der Waals surface area contributed by atoms with E-state index in [9.17, 15) is 24.8 Å². The molecule has 41 heavy (non-hydrogen) atoms. The zero-order valence-corrected chi connectivity index (χ0v) is 24.0. The first kappa shape index (κ1) is 31.6. The van der Waals surface area contributed by atoms with E-state index in [1.165, 1.54) is 0 Å². The van der Waals surface area contributed by atoms with E-state index < -0.39 is 30.2 Å². The van der Waals surface area contributed by atoms with Gasteiger partial charge in [0.15, 0.2) is 0 Å². The predicted octanol–water partition coefficient (Wildman–Crippen LogP) is 2.66. The van der Waals surface area contributed by atoms with Gasteiger partial charge in [-0.2, -0.15) is 5.26 Å². The maximum absolute atomic E-state index is 13.2. The molecule has 10 nitrogen and oxygen atoms in total. The Kier molecular flexibility index (Phi) is 11.7. The fourth-order valence-corrected chi connectivity index (χ4v) is 4.95. The van der Waals surface area contributed by atoms with E-state index in [1.54, 1.807) is 12.1 Å². The number of hydrogen-bond acceptors (Lipinski definition) is 7. The van der Waals surface area contributed by atoms with Crippen molar-refractivity contribution < 1.29 is 24.2 Å². The molecule has 10 heteroatoms. The van der Waals surface area contributed by atoms with E-state index in [1.807, 2.05) is 54.6 Å². The molecule has 3 amide bonds. The molecule has 2 aromatic rings. The minimum atomic E-state index is -1.19. The molecule has 0 spiro atoms. The van der Waals surface area contributed by atoms with Crippen molar-refractivity contribution in [2.45, 2.75) is 82.8 Å². The Bertz CT molecular complexity index is 1180. The van der Waals surface area contributed by atoms with Crippen LogP contribution in [0.3, 0.4) is 0 Å². The Morgan fingerprint density at radius 3 is 2.29 bits per heavy atom. The number of likely N-dealkylation sites (tertiary alicyclic amines) is 1. The molecular formula is C31H41N5O5. The number of aliphatic hydroxyl groups excluding tert-OH is 1. The molecule has 0 saturated carbocycles. The lowest BCUT2D eigenvalue weighted by molar-refractivity contribution is -0.127. The van der Waals surface area contributed by atoms with Gasteiger partial charge in [0.05, 0.1) is 30.7 Å². The number of nitriles is 1. The Morgan fingerprint density at radius 1 is 1.05 bits per heavy atom. The van der Waals surface area contributed by atoms with Crippen LogP contribution in [0.1, 0.15) is 51.2 Å². The number of nitrogens with zero attached hydrogens (tertiary/aromatic N) is 2. The van der Waals surface area contributed by atoms with E-state index in [0.717, 1.165) is 30.5 Å². The second-order valence-electron chi connectivity index (χ2n) is 11.3. The predicted molar refractivity (Wildman–Crippen MR) is 154 cm³/mol. The Morgan fingerprint density at radius 2 is 1.68 bits per heavy atom. The summed E-state index contributed by atoms with van der Waals surface area (Å²) in [5.41, 5.74) is 1.48. The first-order valence-electron chi connectivity index (χ1n) is 14.0. The van der Waals surface area contributed by atoms with Gasteiger partial charge in [0, 0.05) is 12.1 Å². The molecule has 1 aliphatic rings. The van der Waals surface area contributed by atoms with E-state index in [2.05, 4.69) is 41.6 Å². The van der Waals surface area contributed by atoms with Gasteiger partial charge in [-0.3, -0.25) is 14.5 Å². The van der Waals surface area contributed by atoms with Gasteiger partial charge in [-0.25, -0.2) is 4.79 Å².